The molecule has 4 rings (SSSR count). The highest BCUT2D eigenvalue weighted by Crippen LogP contribution is 2.19. The molecule has 0 unspecified atom stereocenters. The minimum atomic E-state index is -0.308. The van der Waals surface area contributed by atoms with E-state index in [9.17, 15) is 9.59 Å². The summed E-state index contributed by atoms with van der Waals surface area (Å²) in [6.07, 6.45) is 5.18. The third kappa shape index (κ3) is 2.99. The van der Waals surface area contributed by atoms with Gasteiger partial charge in [-0.3, -0.25) is 9.59 Å². The van der Waals surface area contributed by atoms with Crippen molar-refractivity contribution in [1.29, 1.82) is 0 Å². The minimum absolute atomic E-state index is 0.0166. The molecule has 0 fully saturated rings. The summed E-state index contributed by atoms with van der Waals surface area (Å²) in [5.41, 5.74) is 4.73. The van der Waals surface area contributed by atoms with Gasteiger partial charge in [0.1, 0.15) is 12.9 Å². The fourth-order valence-corrected chi connectivity index (χ4v) is 3.27. The lowest BCUT2D eigenvalue weighted by molar-refractivity contribution is -0.121. The summed E-state index contributed by atoms with van der Waals surface area (Å²) in [5.74, 6) is 0.0605. The Morgan fingerprint density at radius 2 is 2.12 bits per heavy atom. The third-order valence-electron chi connectivity index (χ3n) is 4.31. The molecule has 0 atom stereocenters. The molecule has 2 aromatic heterocycles. The molecule has 26 heavy (non-hydrogen) atoms. The largest absolute Gasteiger partial charge is 0.304 e. The Morgan fingerprint density at radius 3 is 2.92 bits per heavy atom. The summed E-state index contributed by atoms with van der Waals surface area (Å²) in [7, 11) is 0. The first-order valence-corrected chi connectivity index (χ1v) is 8.53. The summed E-state index contributed by atoms with van der Waals surface area (Å²) < 4.78 is 2.98. The molecule has 8 nitrogen and oxygen atoms in total. The molecule has 0 saturated heterocycles. The van der Waals surface area contributed by atoms with Gasteiger partial charge in [0, 0.05) is 16.3 Å². The van der Waals surface area contributed by atoms with Gasteiger partial charge in [0.25, 0.3) is 11.5 Å². The second-order valence-corrected chi connectivity index (χ2v) is 6.42. The molecule has 1 aromatic carbocycles. The van der Waals surface area contributed by atoms with E-state index < -0.39 is 0 Å². The van der Waals surface area contributed by atoms with Crippen LogP contribution in [0.4, 0.5) is 0 Å². The first-order chi connectivity index (χ1) is 12.6. The number of aromatic nitrogens is 4. The van der Waals surface area contributed by atoms with E-state index in [-0.39, 0.29) is 18.0 Å². The zero-order valence-corrected chi connectivity index (χ0v) is 14.5. The van der Waals surface area contributed by atoms with Crippen LogP contribution in [0.5, 0.6) is 0 Å². The highest BCUT2D eigenvalue weighted by molar-refractivity contribution is 6.30. The third-order valence-corrected chi connectivity index (χ3v) is 4.56. The van der Waals surface area contributed by atoms with Crippen LogP contribution >= 0.6 is 11.6 Å². The Kier molecular flexibility index (Phi) is 4.26. The molecule has 0 bridgehead atoms. The molecule has 1 amide bonds. The SMILES string of the molecule is O=C(Cn1c2c(c(=O)n3ncnc13)CCC2)NN=Cc1ccc(Cl)cc1. The van der Waals surface area contributed by atoms with Crippen molar-refractivity contribution in [2.45, 2.75) is 25.8 Å². The van der Waals surface area contributed by atoms with Crippen LogP contribution in [0.15, 0.2) is 40.5 Å². The Balaban J connectivity index is 1.55. The number of halogens is 1. The van der Waals surface area contributed by atoms with Gasteiger partial charge >= 0.3 is 0 Å². The normalized spacial score (nSPS) is 13.4. The molecule has 9 heteroatoms. The molecule has 2 heterocycles. The second-order valence-electron chi connectivity index (χ2n) is 5.99. The summed E-state index contributed by atoms with van der Waals surface area (Å²) in [6.45, 7) is 0.0166. The minimum Gasteiger partial charge on any atom is -0.304 e. The van der Waals surface area contributed by atoms with Gasteiger partial charge in [-0.15, -0.1) is 0 Å². The van der Waals surface area contributed by atoms with Crippen LogP contribution < -0.4 is 11.0 Å². The van der Waals surface area contributed by atoms with Gasteiger partial charge in [0.2, 0.25) is 5.78 Å². The van der Waals surface area contributed by atoms with Gasteiger partial charge in [-0.05, 0) is 37.0 Å². The number of carbonyl (C=O) groups is 1. The average molecular weight is 371 g/mol. The maximum Gasteiger partial charge on any atom is 0.279 e. The van der Waals surface area contributed by atoms with Crippen LogP contribution in [0, 0.1) is 0 Å². The summed E-state index contributed by atoms with van der Waals surface area (Å²) in [6, 6.07) is 7.09. The van der Waals surface area contributed by atoms with E-state index in [0.29, 0.717) is 22.8 Å². The standard InChI is InChI=1S/C17H15ClN6O2/c18-12-6-4-11(5-7-12)8-20-22-15(25)9-23-14-3-1-2-13(14)16(26)24-17(23)19-10-21-24/h4-8,10H,1-3,9H2,(H,22,25). The Bertz CT molecular complexity index is 1070. The number of nitrogens with zero attached hydrogens (tertiary/aromatic N) is 5. The summed E-state index contributed by atoms with van der Waals surface area (Å²) in [4.78, 5) is 28.8. The van der Waals surface area contributed by atoms with Crippen molar-refractivity contribution in [2.24, 2.45) is 5.10 Å². The average Bonchev–Trinajstić information content (AvgIpc) is 3.30. The van der Waals surface area contributed by atoms with Crippen LogP contribution in [0.25, 0.3) is 5.78 Å². The molecule has 132 valence electrons. The van der Waals surface area contributed by atoms with Crippen LogP contribution in [0.2, 0.25) is 5.02 Å². The molecular weight excluding hydrogens is 356 g/mol. The number of fused-ring (bicyclic) bond motifs is 2. The summed E-state index contributed by atoms with van der Waals surface area (Å²) >= 11 is 5.83. The van der Waals surface area contributed by atoms with Crippen LogP contribution in [-0.4, -0.2) is 31.3 Å². The monoisotopic (exact) mass is 370 g/mol. The molecule has 3 aromatic rings. The molecule has 1 aliphatic rings. The fraction of sp³-hybridized carbons (Fsp3) is 0.235. The van der Waals surface area contributed by atoms with E-state index in [2.05, 4.69) is 20.6 Å². The molecule has 1 N–H and O–H groups in total. The van der Waals surface area contributed by atoms with E-state index >= 15 is 0 Å². The summed E-state index contributed by atoms with van der Waals surface area (Å²) in [5, 5.41) is 8.57. The topological polar surface area (TPSA) is 93.7 Å². The maximum atomic E-state index is 12.4. The molecule has 0 radical (unpaired) electrons. The van der Waals surface area contributed by atoms with E-state index in [1.54, 1.807) is 28.8 Å². The van der Waals surface area contributed by atoms with E-state index in [0.717, 1.165) is 24.1 Å². The Morgan fingerprint density at radius 1 is 1.31 bits per heavy atom. The van der Waals surface area contributed by atoms with Gasteiger partial charge in [-0.1, -0.05) is 23.7 Å². The van der Waals surface area contributed by atoms with E-state index in [1.807, 2.05) is 0 Å². The number of carbonyl (C=O) groups excluding carboxylic acids is 1. The maximum absolute atomic E-state index is 12.4. The van der Waals surface area contributed by atoms with Gasteiger partial charge in [0.05, 0.1) is 6.21 Å². The first kappa shape index (κ1) is 16.5. The number of rotatable bonds is 4. The highest BCUT2D eigenvalue weighted by atomic mass is 35.5. The second kappa shape index (κ2) is 6.72. The Labute approximate surface area is 153 Å². The number of hydrogen-bond donors (Lipinski definition) is 1. The quantitative estimate of drug-likeness (QED) is 0.551. The van der Waals surface area contributed by atoms with Gasteiger partial charge < -0.3 is 4.57 Å². The zero-order chi connectivity index (χ0) is 18.1. The molecule has 0 saturated carbocycles. The van der Waals surface area contributed by atoms with Crippen LogP contribution in [-0.2, 0) is 24.2 Å². The Hall–Kier alpha value is -3.00. The lowest BCUT2D eigenvalue weighted by Crippen LogP contribution is -2.30. The number of nitrogens with one attached hydrogen (secondary N) is 1. The van der Waals surface area contributed by atoms with Crippen molar-refractivity contribution >= 4 is 29.5 Å². The smallest absolute Gasteiger partial charge is 0.279 e. The molecule has 1 aliphatic carbocycles. The predicted molar refractivity (Wildman–Crippen MR) is 96.5 cm³/mol. The van der Waals surface area contributed by atoms with Crippen molar-refractivity contribution in [3.63, 3.8) is 0 Å². The highest BCUT2D eigenvalue weighted by Gasteiger charge is 2.23. The lowest BCUT2D eigenvalue weighted by atomic mass is 10.2. The van der Waals surface area contributed by atoms with E-state index in [1.165, 1.54) is 17.1 Å². The molecule has 0 aliphatic heterocycles. The van der Waals surface area contributed by atoms with E-state index in [4.69, 9.17) is 11.6 Å². The van der Waals surface area contributed by atoms with Gasteiger partial charge in [-0.2, -0.15) is 19.7 Å². The van der Waals surface area contributed by atoms with Crippen molar-refractivity contribution in [3.05, 3.63) is 62.8 Å². The molecular formula is C17H15ClN6O2. The zero-order valence-electron chi connectivity index (χ0n) is 13.7. The number of hydrazone groups is 1. The van der Waals surface area contributed by atoms with Gasteiger partial charge in [0.15, 0.2) is 0 Å². The predicted octanol–water partition coefficient (Wildman–Crippen LogP) is 1.18. The van der Waals surface area contributed by atoms with Crippen LogP contribution in [0.1, 0.15) is 23.2 Å². The van der Waals surface area contributed by atoms with Gasteiger partial charge in [-0.25, -0.2) is 5.43 Å². The van der Waals surface area contributed by atoms with Crippen molar-refractivity contribution in [2.75, 3.05) is 0 Å². The number of benzene rings is 1. The lowest BCUT2D eigenvalue weighted by Gasteiger charge is -2.12. The fourth-order valence-electron chi connectivity index (χ4n) is 3.14. The van der Waals surface area contributed by atoms with Crippen molar-refractivity contribution in [3.8, 4) is 0 Å². The number of hydrogen-bond acceptors (Lipinski definition) is 5. The molecule has 0 spiro atoms. The first-order valence-electron chi connectivity index (χ1n) is 8.15. The van der Waals surface area contributed by atoms with Crippen LogP contribution in [0.3, 0.4) is 0 Å². The van der Waals surface area contributed by atoms with Crippen molar-refractivity contribution in [1.82, 2.24) is 24.6 Å². The van der Waals surface area contributed by atoms with Crippen molar-refractivity contribution < 1.29 is 4.79 Å². The number of amides is 1.